The highest BCUT2D eigenvalue weighted by atomic mass is 35.5. The first-order valence-corrected chi connectivity index (χ1v) is 37.9. The first-order valence-electron chi connectivity index (χ1n) is 34.0. The lowest BCUT2D eigenvalue weighted by atomic mass is 10.2. The number of rotatable bonds is 24. The molecular weight excluding hydrogens is 1550 g/mol. The molecule has 9 heterocycles. The Labute approximate surface area is 654 Å². The van der Waals surface area contributed by atoms with Gasteiger partial charge in [-0.1, -0.05) is 34.8 Å². The van der Waals surface area contributed by atoms with Gasteiger partial charge in [-0.3, -0.25) is 67.7 Å². The molecule has 6 saturated heterocycles. The van der Waals surface area contributed by atoms with Crippen molar-refractivity contribution in [1.29, 1.82) is 0 Å². The number of benzene rings is 3. The average molecular weight is 1630 g/mol. The van der Waals surface area contributed by atoms with Crippen molar-refractivity contribution >= 4 is 185 Å². The lowest BCUT2D eigenvalue weighted by molar-refractivity contribution is -0.130. The zero-order valence-corrected chi connectivity index (χ0v) is 65.0. The summed E-state index contributed by atoms with van der Waals surface area (Å²) >= 11 is 26.2. The molecule has 0 radical (unpaired) electrons. The number of ether oxygens (including phenoxy) is 6. The second-order valence-electron chi connectivity index (χ2n) is 25.1. The van der Waals surface area contributed by atoms with Crippen molar-refractivity contribution in [2.75, 3.05) is 183 Å². The van der Waals surface area contributed by atoms with Gasteiger partial charge in [-0.05, 0) is 156 Å². The van der Waals surface area contributed by atoms with Crippen LogP contribution in [-0.2, 0) is 57.2 Å². The van der Waals surface area contributed by atoms with Crippen molar-refractivity contribution < 1.29 is 86.0 Å². The molecule has 0 unspecified atom stereocenters. The third-order valence-electron chi connectivity index (χ3n) is 16.8. The Kier molecular flexibility index (Phi) is 31.0. The Morgan fingerprint density at radius 2 is 0.769 bits per heavy atom. The molecule has 37 heteroatoms. The van der Waals surface area contributed by atoms with Crippen LogP contribution >= 0.6 is 80.4 Å². The molecular formula is C71H80Cl4N12O18S3. The summed E-state index contributed by atoms with van der Waals surface area (Å²) in [5.74, 6) is -2.25. The fourth-order valence-electron chi connectivity index (χ4n) is 11.3. The van der Waals surface area contributed by atoms with Gasteiger partial charge in [0, 0.05) is 92.7 Å². The van der Waals surface area contributed by atoms with Crippen LogP contribution in [0.3, 0.4) is 0 Å². The number of halogens is 4. The molecule has 12 rings (SSSR count). The lowest BCUT2D eigenvalue weighted by Gasteiger charge is -2.27. The number of imide groups is 2. The molecule has 6 aliphatic rings. The van der Waals surface area contributed by atoms with E-state index in [1.807, 2.05) is 38.0 Å². The maximum atomic E-state index is 13.1. The van der Waals surface area contributed by atoms with Crippen LogP contribution in [0.4, 0.5) is 48.5 Å². The molecule has 6 aliphatic heterocycles. The molecule has 0 spiro atoms. The summed E-state index contributed by atoms with van der Waals surface area (Å²) in [6, 6.07) is 30.8. The minimum Gasteiger partial charge on any atom is -0.442 e. The van der Waals surface area contributed by atoms with E-state index in [1.54, 1.807) is 131 Å². The summed E-state index contributed by atoms with van der Waals surface area (Å²) in [6.45, 7) is 5.37. The minimum absolute atomic E-state index is 0.0435. The van der Waals surface area contributed by atoms with Crippen molar-refractivity contribution in [3.63, 3.8) is 0 Å². The number of nitrogens with zero attached hydrogens (tertiary/aromatic N) is 10. The largest absolute Gasteiger partial charge is 0.442 e. The number of anilines is 6. The number of nitrogens with one attached hydrogen (secondary N) is 2. The number of cyclic esters (lactones) is 3. The van der Waals surface area contributed by atoms with Gasteiger partial charge >= 0.3 is 18.3 Å². The molecule has 0 saturated carbocycles. The fraction of sp³-hybridized carbons (Fsp3) is 0.408. The summed E-state index contributed by atoms with van der Waals surface area (Å²) in [5, 5.41) is 5.39. The van der Waals surface area contributed by atoms with E-state index in [0.717, 1.165) is 44.7 Å². The van der Waals surface area contributed by atoms with Crippen molar-refractivity contribution in [2.24, 2.45) is 0 Å². The number of morpholine rings is 3. The van der Waals surface area contributed by atoms with Crippen LogP contribution in [0, 0.1) is 0 Å². The van der Waals surface area contributed by atoms with Gasteiger partial charge in [-0.15, -0.1) is 34.0 Å². The lowest BCUT2D eigenvalue weighted by Crippen LogP contribution is -2.43. The predicted molar refractivity (Wildman–Crippen MR) is 410 cm³/mol. The van der Waals surface area contributed by atoms with E-state index in [0.29, 0.717) is 122 Å². The van der Waals surface area contributed by atoms with Crippen molar-refractivity contribution in [2.45, 2.75) is 37.6 Å². The Bertz CT molecular complexity index is 4190. The van der Waals surface area contributed by atoms with Crippen LogP contribution in [-0.4, -0.2) is 262 Å². The van der Waals surface area contributed by atoms with Crippen LogP contribution in [0.5, 0.6) is 0 Å². The number of carbonyl (C=O) groups excluding carboxylic acids is 12. The number of carbonyl (C=O) groups is 12. The van der Waals surface area contributed by atoms with E-state index in [1.165, 1.54) is 26.0 Å². The summed E-state index contributed by atoms with van der Waals surface area (Å²) < 4.78 is 33.2. The number of hydrogen-bond acceptors (Lipinski definition) is 24. The fourth-order valence-corrected chi connectivity index (χ4v) is 14.3. The zero-order valence-electron chi connectivity index (χ0n) is 59.5. The molecule has 3 atom stereocenters. The summed E-state index contributed by atoms with van der Waals surface area (Å²) in [6.07, 6.45) is -2.75. The predicted octanol–water partition coefficient (Wildman–Crippen LogP) is 8.30. The van der Waals surface area contributed by atoms with Crippen LogP contribution in [0.15, 0.2) is 109 Å². The molecule has 30 nitrogen and oxygen atoms in total. The second kappa shape index (κ2) is 40.1. The Hall–Kier alpha value is -8.68. The highest BCUT2D eigenvalue weighted by Crippen LogP contribution is 2.32. The molecule has 6 aromatic rings. The van der Waals surface area contributed by atoms with E-state index < -0.39 is 48.4 Å². The molecule has 108 heavy (non-hydrogen) atoms. The first kappa shape index (κ1) is 83.4. The molecule has 578 valence electrons. The van der Waals surface area contributed by atoms with Crippen molar-refractivity contribution in [1.82, 2.24) is 30.2 Å². The third kappa shape index (κ3) is 23.4. The monoisotopic (exact) mass is 1620 g/mol. The van der Waals surface area contributed by atoms with Gasteiger partial charge in [0.2, 0.25) is 17.1 Å². The third-order valence-corrected chi connectivity index (χ3v) is 20.7. The van der Waals surface area contributed by atoms with Gasteiger partial charge in [-0.25, -0.2) is 14.4 Å². The maximum absolute atomic E-state index is 13.1. The highest BCUT2D eigenvalue weighted by molar-refractivity contribution is 7.18. The number of hydrogen-bond donors (Lipinski definition) is 2. The number of thiophene rings is 3. The Morgan fingerprint density at radius 3 is 1.08 bits per heavy atom. The molecule has 6 fully saturated rings. The number of amides is 11. The topological polar surface area (TPSA) is 317 Å². The van der Waals surface area contributed by atoms with E-state index >= 15 is 0 Å². The van der Waals surface area contributed by atoms with Crippen molar-refractivity contribution in [3.8, 4) is 0 Å². The van der Waals surface area contributed by atoms with Crippen LogP contribution in [0.2, 0.25) is 13.0 Å². The smallest absolute Gasteiger partial charge is 0.414 e. The SMILES string of the molecule is CN(C)CCC(=O)Cl.CN(C)CCC(=O)N(C[C@H]1CN(c2ccc(N3CCOCC3=O)cc2)C(=O)O1)C(=O)c1ccc(Cl)s1.CNCCC(=O)N(C[C@H]1CN(c2ccc(N3CCOCC3=O)cc2)C(=O)O1)C(=O)c1ccc(Cl)s1.O=C(NC[C@H]1CN(c2ccc(N3CCOCC3=O)cc2)C(=O)O1)c1ccc(Cl)s1. The van der Waals surface area contributed by atoms with E-state index in [-0.39, 0.29) is 106 Å². The summed E-state index contributed by atoms with van der Waals surface area (Å²) in [7, 11) is 9.21. The normalized spacial score (nSPS) is 17.8. The molecule has 11 amide bonds. The zero-order chi connectivity index (χ0) is 77.7. The van der Waals surface area contributed by atoms with Crippen LogP contribution in [0.1, 0.15) is 48.3 Å². The first-order chi connectivity index (χ1) is 51.7. The molecule has 0 bridgehead atoms. The Balaban J connectivity index is 0.000000178. The van der Waals surface area contributed by atoms with Gasteiger partial charge in [0.15, 0.2) is 0 Å². The quantitative estimate of drug-likeness (QED) is 0.0425. The minimum atomic E-state index is -0.694. The standard InChI is InChI=1S/C24H27ClN4O6S.C23H25ClN4O6S.C19H18ClN3O5S.C5H10ClNO/c1-26(2)10-9-21(30)29(23(32)19-7-8-20(25)36-19)14-18-13-28(24(33)35-18)17-5-3-16(4-6-17)27-11-12-34-15-22(27)31;1-25-9-8-20(29)28(22(31)18-6-7-19(24)35-18)13-17-12-27(23(32)34-17)16-4-2-15(3-5-16)26-10-11-33-14-21(26)30;20-16-6-5-15(29-16)18(25)21-9-14-10-23(19(26)28-14)13-3-1-12(2-4-13)22-7-8-27-11-17(22)24;1-7(2)4-3-5(6)8/h3-8,18H,9-15H2,1-2H3;2-7,17,25H,8-14H2,1H3;1-6,14H,7-11H2,(H,21,25);3-4H2,1-2H3/t18-;17-;14-;/m110./s1. The highest BCUT2D eigenvalue weighted by Gasteiger charge is 2.40. The maximum Gasteiger partial charge on any atom is 0.414 e. The van der Waals surface area contributed by atoms with Gasteiger partial charge in [0.1, 0.15) is 38.1 Å². The summed E-state index contributed by atoms with van der Waals surface area (Å²) in [5.41, 5.74) is 4.04. The Morgan fingerprint density at radius 1 is 0.444 bits per heavy atom. The summed E-state index contributed by atoms with van der Waals surface area (Å²) in [4.78, 5) is 164. The van der Waals surface area contributed by atoms with Crippen LogP contribution < -0.4 is 40.0 Å². The van der Waals surface area contributed by atoms with E-state index in [4.69, 9.17) is 74.8 Å². The van der Waals surface area contributed by atoms with E-state index in [9.17, 15) is 57.5 Å². The van der Waals surface area contributed by atoms with Gasteiger partial charge in [0.25, 0.3) is 35.4 Å². The van der Waals surface area contributed by atoms with Gasteiger partial charge < -0.3 is 63.6 Å². The van der Waals surface area contributed by atoms with E-state index in [2.05, 4.69) is 10.6 Å². The molecule has 3 aromatic carbocycles. The second-order valence-corrected chi connectivity index (χ2v) is 30.7. The molecule has 3 aromatic heterocycles. The van der Waals surface area contributed by atoms with Gasteiger partial charge in [-0.2, -0.15) is 0 Å². The molecule has 2 N–H and O–H groups in total. The van der Waals surface area contributed by atoms with Crippen molar-refractivity contribution in [3.05, 3.63) is 137 Å². The van der Waals surface area contributed by atoms with Gasteiger partial charge in [0.05, 0.1) is 86.7 Å². The van der Waals surface area contributed by atoms with Crippen LogP contribution in [0.25, 0.3) is 0 Å². The molecule has 0 aliphatic carbocycles. The average Bonchev–Trinajstić information content (AvgIpc) is 1.69.